The second kappa shape index (κ2) is 6.50. The maximum absolute atomic E-state index is 11.7. The molecule has 0 aliphatic rings. The number of nitrogens with one attached hydrogen (secondary N) is 1. The van der Waals surface area contributed by atoms with E-state index in [1.807, 2.05) is 47.8 Å². The highest BCUT2D eigenvalue weighted by Gasteiger charge is 2.24. The van der Waals surface area contributed by atoms with Gasteiger partial charge in [0.2, 0.25) is 5.91 Å². The number of thiophene rings is 1. The molecule has 2 aromatic rings. The van der Waals surface area contributed by atoms with Gasteiger partial charge in [-0.05, 0) is 30.0 Å². The monoisotopic (exact) mass is 287 g/mol. The Morgan fingerprint density at radius 2 is 2.05 bits per heavy atom. The predicted octanol–water partition coefficient (Wildman–Crippen LogP) is 2.79. The van der Waals surface area contributed by atoms with Crippen LogP contribution in [0, 0.1) is 0 Å². The summed E-state index contributed by atoms with van der Waals surface area (Å²) in [6.07, 6.45) is 3.22. The van der Waals surface area contributed by atoms with Crippen LogP contribution < -0.4 is 5.32 Å². The third-order valence-corrected chi connectivity index (χ3v) is 4.01. The van der Waals surface area contributed by atoms with Gasteiger partial charge < -0.3 is 10.4 Å². The van der Waals surface area contributed by atoms with E-state index in [9.17, 15) is 9.90 Å². The molecule has 0 aliphatic carbocycles. The van der Waals surface area contributed by atoms with Crippen molar-refractivity contribution in [3.63, 3.8) is 0 Å². The minimum Gasteiger partial charge on any atom is -0.383 e. The highest BCUT2D eigenvalue weighted by atomic mass is 32.1. The Bertz CT molecular complexity index is 574. The van der Waals surface area contributed by atoms with Crippen molar-refractivity contribution >= 4 is 23.3 Å². The summed E-state index contributed by atoms with van der Waals surface area (Å²) >= 11 is 1.47. The topological polar surface area (TPSA) is 49.3 Å². The van der Waals surface area contributed by atoms with E-state index < -0.39 is 5.60 Å². The number of rotatable bonds is 5. The number of hydrogen-bond acceptors (Lipinski definition) is 3. The number of carbonyl (C=O) groups excluding carboxylic acids is 1. The summed E-state index contributed by atoms with van der Waals surface area (Å²) in [5.41, 5.74) is -0.0719. The van der Waals surface area contributed by atoms with Gasteiger partial charge in [-0.2, -0.15) is 0 Å². The lowest BCUT2D eigenvalue weighted by atomic mass is 10.1. The molecular weight excluding hydrogens is 270 g/mol. The molecule has 3 nitrogen and oxygen atoms in total. The van der Waals surface area contributed by atoms with Gasteiger partial charge >= 0.3 is 0 Å². The lowest BCUT2D eigenvalue weighted by molar-refractivity contribution is -0.117. The Balaban J connectivity index is 1.88. The molecule has 2 rings (SSSR count). The molecule has 0 saturated heterocycles. The van der Waals surface area contributed by atoms with Crippen molar-refractivity contribution in [1.82, 2.24) is 5.32 Å². The summed E-state index contributed by atoms with van der Waals surface area (Å²) < 4.78 is 0. The van der Waals surface area contributed by atoms with E-state index in [1.54, 1.807) is 13.0 Å². The fraction of sp³-hybridized carbons (Fsp3) is 0.188. The second-order valence-electron chi connectivity index (χ2n) is 4.71. The molecule has 4 heteroatoms. The Morgan fingerprint density at radius 3 is 2.70 bits per heavy atom. The fourth-order valence-corrected chi connectivity index (χ4v) is 2.51. The van der Waals surface area contributed by atoms with E-state index in [-0.39, 0.29) is 12.5 Å². The quantitative estimate of drug-likeness (QED) is 0.831. The zero-order valence-corrected chi connectivity index (χ0v) is 12.1. The highest BCUT2D eigenvalue weighted by Crippen LogP contribution is 2.24. The maximum Gasteiger partial charge on any atom is 0.244 e. The third-order valence-electron chi connectivity index (χ3n) is 2.89. The Kier molecular flexibility index (Phi) is 4.71. The first kappa shape index (κ1) is 14.5. The summed E-state index contributed by atoms with van der Waals surface area (Å²) in [6, 6.07) is 13.3. The molecule has 0 saturated carbocycles. The van der Waals surface area contributed by atoms with Gasteiger partial charge in [-0.15, -0.1) is 11.3 Å². The van der Waals surface area contributed by atoms with Crippen LogP contribution in [0.3, 0.4) is 0 Å². The van der Waals surface area contributed by atoms with Crippen LogP contribution in [0.5, 0.6) is 0 Å². The average molecular weight is 287 g/mol. The van der Waals surface area contributed by atoms with Crippen molar-refractivity contribution in [3.05, 3.63) is 64.4 Å². The number of carbonyl (C=O) groups is 1. The maximum atomic E-state index is 11.7. The zero-order chi connectivity index (χ0) is 14.4. The van der Waals surface area contributed by atoms with Gasteiger partial charge in [0.25, 0.3) is 0 Å². The SMILES string of the molecule is C[C@](O)(CNC(=O)/C=C/c1ccccc1)c1cccs1. The second-order valence-corrected chi connectivity index (χ2v) is 5.66. The van der Waals surface area contributed by atoms with Crippen molar-refractivity contribution in [2.24, 2.45) is 0 Å². The van der Waals surface area contributed by atoms with Crippen LogP contribution in [0.15, 0.2) is 53.9 Å². The van der Waals surface area contributed by atoms with Gasteiger partial charge in [0.15, 0.2) is 0 Å². The molecule has 104 valence electrons. The van der Waals surface area contributed by atoms with Gasteiger partial charge in [0, 0.05) is 11.0 Å². The molecule has 1 amide bonds. The Morgan fingerprint density at radius 1 is 1.30 bits per heavy atom. The fourth-order valence-electron chi connectivity index (χ4n) is 1.73. The predicted molar refractivity (Wildman–Crippen MR) is 82.4 cm³/mol. The van der Waals surface area contributed by atoms with Crippen LogP contribution >= 0.6 is 11.3 Å². The van der Waals surface area contributed by atoms with Gasteiger partial charge in [0.05, 0.1) is 6.54 Å². The molecule has 1 aromatic heterocycles. The van der Waals surface area contributed by atoms with Crippen molar-refractivity contribution in [3.8, 4) is 0 Å². The first-order chi connectivity index (χ1) is 9.58. The molecule has 0 radical (unpaired) electrons. The smallest absolute Gasteiger partial charge is 0.244 e. The zero-order valence-electron chi connectivity index (χ0n) is 11.2. The van der Waals surface area contributed by atoms with Crippen molar-refractivity contribution < 1.29 is 9.90 Å². The molecule has 0 aliphatic heterocycles. The van der Waals surface area contributed by atoms with E-state index >= 15 is 0 Å². The van der Waals surface area contributed by atoms with E-state index in [2.05, 4.69) is 5.32 Å². The van der Waals surface area contributed by atoms with Crippen LogP contribution in [-0.2, 0) is 10.4 Å². The number of benzene rings is 1. The standard InChI is InChI=1S/C16H17NO2S/c1-16(19,14-8-5-11-20-14)12-17-15(18)10-9-13-6-3-2-4-7-13/h2-11,19H,12H2,1H3,(H,17,18)/b10-9+/t16-/m0/s1. The first-order valence-corrected chi connectivity index (χ1v) is 7.23. The lowest BCUT2D eigenvalue weighted by Gasteiger charge is -2.21. The number of hydrogen-bond donors (Lipinski definition) is 2. The minimum atomic E-state index is -1.04. The Labute approximate surface area is 122 Å². The molecule has 0 fully saturated rings. The molecule has 1 atom stereocenters. The van der Waals surface area contributed by atoms with Crippen molar-refractivity contribution in [2.45, 2.75) is 12.5 Å². The van der Waals surface area contributed by atoms with Crippen LogP contribution in [0.1, 0.15) is 17.4 Å². The van der Waals surface area contributed by atoms with Gasteiger partial charge in [-0.3, -0.25) is 4.79 Å². The highest BCUT2D eigenvalue weighted by molar-refractivity contribution is 7.10. The Hall–Kier alpha value is -1.91. The summed E-state index contributed by atoms with van der Waals surface area (Å²) in [6.45, 7) is 1.88. The minimum absolute atomic E-state index is 0.186. The molecule has 2 N–H and O–H groups in total. The largest absolute Gasteiger partial charge is 0.383 e. The number of aliphatic hydroxyl groups is 1. The van der Waals surface area contributed by atoms with Crippen LogP contribution in [-0.4, -0.2) is 17.6 Å². The molecular formula is C16H17NO2S. The normalized spacial score (nSPS) is 14.1. The molecule has 1 aromatic carbocycles. The number of amides is 1. The van der Waals surface area contributed by atoms with E-state index in [0.717, 1.165) is 10.4 Å². The van der Waals surface area contributed by atoms with Gasteiger partial charge in [0.1, 0.15) is 5.60 Å². The van der Waals surface area contributed by atoms with Gasteiger partial charge in [-0.25, -0.2) is 0 Å². The van der Waals surface area contributed by atoms with E-state index in [0.29, 0.717) is 0 Å². The molecule has 0 bridgehead atoms. The molecule has 0 unspecified atom stereocenters. The molecule has 1 heterocycles. The van der Waals surface area contributed by atoms with Crippen LogP contribution in [0.25, 0.3) is 6.08 Å². The first-order valence-electron chi connectivity index (χ1n) is 6.35. The third kappa shape index (κ3) is 4.05. The average Bonchev–Trinajstić information content (AvgIpc) is 2.99. The van der Waals surface area contributed by atoms with Crippen molar-refractivity contribution in [2.75, 3.05) is 6.54 Å². The summed E-state index contributed by atoms with van der Waals surface area (Å²) in [5.74, 6) is -0.217. The van der Waals surface area contributed by atoms with E-state index in [4.69, 9.17) is 0 Å². The van der Waals surface area contributed by atoms with Crippen LogP contribution in [0.4, 0.5) is 0 Å². The van der Waals surface area contributed by atoms with E-state index in [1.165, 1.54) is 17.4 Å². The van der Waals surface area contributed by atoms with Crippen LogP contribution in [0.2, 0.25) is 0 Å². The molecule has 20 heavy (non-hydrogen) atoms. The van der Waals surface area contributed by atoms with Gasteiger partial charge in [-0.1, -0.05) is 36.4 Å². The lowest BCUT2D eigenvalue weighted by Crippen LogP contribution is -2.37. The molecule has 0 spiro atoms. The van der Waals surface area contributed by atoms with Crippen molar-refractivity contribution in [1.29, 1.82) is 0 Å². The summed E-state index contributed by atoms with van der Waals surface area (Å²) in [4.78, 5) is 12.6. The summed E-state index contributed by atoms with van der Waals surface area (Å²) in [5, 5.41) is 14.9. The summed E-state index contributed by atoms with van der Waals surface area (Å²) in [7, 11) is 0.